The minimum Gasteiger partial charge on any atom is -0.306 e. The van der Waals surface area contributed by atoms with Crippen LogP contribution in [0.4, 0.5) is 0 Å². The van der Waals surface area contributed by atoms with E-state index in [4.69, 9.17) is 11.6 Å². The summed E-state index contributed by atoms with van der Waals surface area (Å²) in [7, 11) is 0. The molecule has 2 aromatic heterocycles. The quantitative estimate of drug-likeness (QED) is 0.601. The van der Waals surface area contributed by atoms with Gasteiger partial charge in [0.1, 0.15) is 0 Å². The number of nitrogens with zero attached hydrogens (tertiary/aromatic N) is 3. The van der Waals surface area contributed by atoms with E-state index < -0.39 is 5.66 Å². The number of fused-ring (bicyclic) bond motifs is 3. The summed E-state index contributed by atoms with van der Waals surface area (Å²) in [6, 6.07) is 11.2. The molecule has 7 heteroatoms. The minimum absolute atomic E-state index is 0.0459. The average molecular weight is 438 g/mol. The Kier molecular flexibility index (Phi) is 4.64. The number of carbonyl (C=O) groups is 2. The zero-order valence-electron chi connectivity index (χ0n) is 16.5. The van der Waals surface area contributed by atoms with Crippen LogP contribution in [0.5, 0.6) is 0 Å². The van der Waals surface area contributed by atoms with Crippen molar-refractivity contribution in [3.8, 4) is 0 Å². The Bertz CT molecular complexity index is 1140. The molecule has 1 aromatic carbocycles. The minimum atomic E-state index is -1.00. The van der Waals surface area contributed by atoms with Gasteiger partial charge in [-0.05, 0) is 41.6 Å². The monoisotopic (exact) mass is 437 g/mol. The van der Waals surface area contributed by atoms with Gasteiger partial charge in [0, 0.05) is 41.6 Å². The number of hydrogen-bond acceptors (Lipinski definition) is 4. The highest BCUT2D eigenvalue weighted by atomic mass is 35.5. The lowest BCUT2D eigenvalue weighted by atomic mass is 9.91. The molecule has 2 aliphatic rings. The molecule has 2 amide bonds. The number of halogens is 1. The zero-order chi connectivity index (χ0) is 20.9. The van der Waals surface area contributed by atoms with E-state index in [1.54, 1.807) is 35.5 Å². The lowest BCUT2D eigenvalue weighted by Crippen LogP contribution is -2.51. The zero-order valence-corrected chi connectivity index (χ0v) is 18.0. The number of aromatic nitrogens is 1. The van der Waals surface area contributed by atoms with E-state index in [-0.39, 0.29) is 11.8 Å². The van der Waals surface area contributed by atoms with Crippen LogP contribution in [0, 0.1) is 0 Å². The van der Waals surface area contributed by atoms with Crippen molar-refractivity contribution in [1.29, 1.82) is 0 Å². The summed E-state index contributed by atoms with van der Waals surface area (Å²) < 4.78 is 0. The molecule has 0 aliphatic carbocycles. The smallest absolute Gasteiger partial charge is 0.266 e. The van der Waals surface area contributed by atoms with E-state index in [0.717, 1.165) is 34.4 Å². The summed E-state index contributed by atoms with van der Waals surface area (Å²) in [6.45, 7) is 3.04. The van der Waals surface area contributed by atoms with Gasteiger partial charge in [0.25, 0.3) is 11.8 Å². The summed E-state index contributed by atoms with van der Waals surface area (Å²) in [4.78, 5) is 35.8. The van der Waals surface area contributed by atoms with Crippen LogP contribution in [0.2, 0.25) is 5.02 Å². The van der Waals surface area contributed by atoms with Gasteiger partial charge in [-0.2, -0.15) is 0 Å². The van der Waals surface area contributed by atoms with E-state index in [1.807, 2.05) is 28.5 Å². The highest BCUT2D eigenvalue weighted by Crippen LogP contribution is 2.50. The summed E-state index contributed by atoms with van der Waals surface area (Å²) in [6.07, 6.45) is 5.16. The van der Waals surface area contributed by atoms with Gasteiger partial charge < -0.3 is 9.80 Å². The van der Waals surface area contributed by atoms with Gasteiger partial charge >= 0.3 is 0 Å². The number of thiophene rings is 1. The fourth-order valence-corrected chi connectivity index (χ4v) is 5.75. The van der Waals surface area contributed by atoms with Gasteiger partial charge in [0.05, 0.1) is 10.4 Å². The van der Waals surface area contributed by atoms with Crippen LogP contribution in [0.15, 0.2) is 54.2 Å². The molecule has 5 nitrogen and oxygen atoms in total. The summed E-state index contributed by atoms with van der Waals surface area (Å²) in [5.41, 5.74) is 2.24. The fourth-order valence-electron chi connectivity index (χ4n) is 4.72. The van der Waals surface area contributed by atoms with Gasteiger partial charge in [-0.1, -0.05) is 37.1 Å². The van der Waals surface area contributed by atoms with Crippen molar-refractivity contribution in [1.82, 2.24) is 14.8 Å². The van der Waals surface area contributed by atoms with Crippen LogP contribution in [0.3, 0.4) is 0 Å². The molecule has 1 atom stereocenters. The normalized spacial score (nSPS) is 19.9. The van der Waals surface area contributed by atoms with Crippen molar-refractivity contribution in [2.45, 2.75) is 25.4 Å². The molecule has 1 saturated heterocycles. The number of benzene rings is 1. The van der Waals surface area contributed by atoms with Crippen molar-refractivity contribution >= 4 is 34.8 Å². The molecule has 30 heavy (non-hydrogen) atoms. The van der Waals surface area contributed by atoms with Crippen LogP contribution in [0.25, 0.3) is 0 Å². The molecule has 0 spiro atoms. The predicted molar refractivity (Wildman–Crippen MR) is 117 cm³/mol. The van der Waals surface area contributed by atoms with Gasteiger partial charge in [-0.3, -0.25) is 14.6 Å². The molecular formula is C23H20ClN3O2S. The van der Waals surface area contributed by atoms with Crippen molar-refractivity contribution < 1.29 is 9.59 Å². The fraction of sp³-hybridized carbons (Fsp3) is 0.261. The van der Waals surface area contributed by atoms with Gasteiger partial charge in [0.15, 0.2) is 5.66 Å². The number of aryl methyl sites for hydroxylation is 1. The Morgan fingerprint density at radius 2 is 2.00 bits per heavy atom. The summed E-state index contributed by atoms with van der Waals surface area (Å²) in [5, 5.41) is 2.58. The van der Waals surface area contributed by atoms with Crippen molar-refractivity contribution in [2.24, 2.45) is 0 Å². The Morgan fingerprint density at radius 3 is 2.77 bits per heavy atom. The Morgan fingerprint density at radius 1 is 1.20 bits per heavy atom. The predicted octanol–water partition coefficient (Wildman–Crippen LogP) is 4.56. The topological polar surface area (TPSA) is 53.5 Å². The van der Waals surface area contributed by atoms with Crippen LogP contribution in [-0.4, -0.2) is 39.7 Å². The molecule has 2 aliphatic heterocycles. The number of hydrogen-bond donors (Lipinski definition) is 0. The Labute approximate surface area is 183 Å². The lowest BCUT2D eigenvalue weighted by molar-refractivity contribution is 0.0377. The van der Waals surface area contributed by atoms with Crippen LogP contribution < -0.4 is 0 Å². The van der Waals surface area contributed by atoms with E-state index in [9.17, 15) is 9.59 Å². The van der Waals surface area contributed by atoms with E-state index >= 15 is 0 Å². The summed E-state index contributed by atoms with van der Waals surface area (Å²) >= 11 is 7.62. The molecule has 0 radical (unpaired) electrons. The molecule has 0 N–H and O–H groups in total. The average Bonchev–Trinajstić information content (AvgIpc) is 3.44. The van der Waals surface area contributed by atoms with Gasteiger partial charge in [-0.15, -0.1) is 11.3 Å². The SMILES string of the molecule is CCCc1ccsc1C(=O)N1CCN2C(=O)c3ccncc3C21c1ccc(Cl)cc1. The van der Waals surface area contributed by atoms with Crippen LogP contribution >= 0.6 is 22.9 Å². The molecule has 3 aromatic rings. The number of pyridine rings is 1. The van der Waals surface area contributed by atoms with E-state index in [2.05, 4.69) is 11.9 Å². The first-order chi connectivity index (χ1) is 14.6. The van der Waals surface area contributed by atoms with Gasteiger partial charge in [-0.25, -0.2) is 0 Å². The maximum absolute atomic E-state index is 13.9. The third-order valence-corrected chi connectivity index (χ3v) is 7.15. The van der Waals surface area contributed by atoms with Crippen LogP contribution in [0.1, 0.15) is 50.1 Å². The van der Waals surface area contributed by atoms with Gasteiger partial charge in [0.2, 0.25) is 0 Å². The first-order valence-electron chi connectivity index (χ1n) is 10.00. The molecule has 1 unspecified atom stereocenters. The van der Waals surface area contributed by atoms with Crippen LogP contribution in [-0.2, 0) is 12.1 Å². The largest absolute Gasteiger partial charge is 0.306 e. The van der Waals surface area contributed by atoms with Crippen molar-refractivity contribution in [2.75, 3.05) is 13.1 Å². The third kappa shape index (κ3) is 2.57. The molecule has 152 valence electrons. The molecule has 0 bridgehead atoms. The molecule has 0 saturated carbocycles. The molecular weight excluding hydrogens is 418 g/mol. The van der Waals surface area contributed by atoms with E-state index in [0.29, 0.717) is 23.7 Å². The Hall–Kier alpha value is -2.70. The second-order valence-corrected chi connectivity index (χ2v) is 8.89. The number of carbonyl (C=O) groups excluding carboxylic acids is 2. The highest BCUT2D eigenvalue weighted by molar-refractivity contribution is 7.12. The number of rotatable bonds is 4. The first-order valence-corrected chi connectivity index (χ1v) is 11.3. The maximum atomic E-state index is 13.9. The lowest BCUT2D eigenvalue weighted by Gasteiger charge is -2.40. The Balaban J connectivity index is 1.72. The molecule has 1 fully saturated rings. The second kappa shape index (κ2) is 7.22. The summed E-state index contributed by atoms with van der Waals surface area (Å²) in [5.74, 6) is -0.118. The number of amides is 2. The van der Waals surface area contributed by atoms with Crippen molar-refractivity contribution in [3.05, 3.63) is 86.3 Å². The third-order valence-electron chi connectivity index (χ3n) is 5.95. The molecule has 5 rings (SSSR count). The first kappa shape index (κ1) is 19.3. The maximum Gasteiger partial charge on any atom is 0.266 e. The molecule has 4 heterocycles. The standard InChI is InChI=1S/C23H20ClN3O2S/c1-2-3-15-9-13-30-20(15)22(29)27-12-11-26-21(28)18-8-10-25-14-19(18)23(26,27)16-4-6-17(24)7-5-16/h4-10,13-14H,2-3,11-12H2,1H3. The highest BCUT2D eigenvalue weighted by Gasteiger charge is 2.60. The van der Waals surface area contributed by atoms with Crippen molar-refractivity contribution in [3.63, 3.8) is 0 Å². The van der Waals surface area contributed by atoms with E-state index in [1.165, 1.54) is 11.3 Å². The second-order valence-electron chi connectivity index (χ2n) is 7.54.